The fourth-order valence-electron chi connectivity index (χ4n) is 3.23. The van der Waals surface area contributed by atoms with Gasteiger partial charge in [-0.3, -0.25) is 4.79 Å². The highest BCUT2D eigenvalue weighted by molar-refractivity contribution is 5.88. The summed E-state index contributed by atoms with van der Waals surface area (Å²) >= 11 is 0. The van der Waals surface area contributed by atoms with Crippen molar-refractivity contribution in [1.82, 2.24) is 16.0 Å². The SMILES string of the molecule is CC(C)(C)OC(=O)NCCC[C@@](Cc1ccccc1)(OC(N)=O)C(=O)NCCNC(=O)OC(C)(C)C. The lowest BCUT2D eigenvalue weighted by Crippen LogP contribution is -2.54. The zero-order valence-corrected chi connectivity index (χ0v) is 22.1. The second-order valence-electron chi connectivity index (χ2n) is 10.3. The summed E-state index contributed by atoms with van der Waals surface area (Å²) in [6.45, 7) is 10.8. The van der Waals surface area contributed by atoms with E-state index in [9.17, 15) is 19.2 Å². The standard InChI is InChI=1S/C25H40N4O7/c1-23(2,3)35-21(32)28-14-10-13-25(34-20(26)31,17-18-11-8-7-9-12-18)19(30)27-15-16-29-22(33)36-24(4,5)6/h7-9,11-12H,10,13-17H2,1-6H3,(H2,26,31)(H,27,30)(H,28,32)(H,29,33)/t25-/m0/s1. The third-order valence-electron chi connectivity index (χ3n) is 4.55. The maximum absolute atomic E-state index is 13.3. The third-order valence-corrected chi connectivity index (χ3v) is 4.55. The number of hydrogen-bond donors (Lipinski definition) is 4. The Morgan fingerprint density at radius 1 is 0.750 bits per heavy atom. The molecule has 0 aliphatic carbocycles. The van der Waals surface area contributed by atoms with Gasteiger partial charge >= 0.3 is 18.3 Å². The first kappa shape index (κ1) is 30.5. The summed E-state index contributed by atoms with van der Waals surface area (Å²) in [5, 5.41) is 7.87. The lowest BCUT2D eigenvalue weighted by Gasteiger charge is -2.32. The van der Waals surface area contributed by atoms with Crippen molar-refractivity contribution in [1.29, 1.82) is 0 Å². The highest BCUT2D eigenvalue weighted by Crippen LogP contribution is 2.25. The molecule has 0 aliphatic rings. The van der Waals surface area contributed by atoms with Crippen molar-refractivity contribution in [3.8, 4) is 0 Å². The number of rotatable bonds is 11. The van der Waals surface area contributed by atoms with Gasteiger partial charge in [0.1, 0.15) is 11.2 Å². The van der Waals surface area contributed by atoms with E-state index in [-0.39, 0.29) is 32.5 Å². The van der Waals surface area contributed by atoms with E-state index in [0.717, 1.165) is 5.56 Å². The molecule has 0 saturated carbocycles. The van der Waals surface area contributed by atoms with Gasteiger partial charge < -0.3 is 35.9 Å². The van der Waals surface area contributed by atoms with E-state index in [4.69, 9.17) is 19.9 Å². The van der Waals surface area contributed by atoms with Crippen LogP contribution in [0, 0.1) is 0 Å². The van der Waals surface area contributed by atoms with Crippen LogP contribution in [0.15, 0.2) is 30.3 Å². The Morgan fingerprint density at radius 3 is 1.75 bits per heavy atom. The normalized spacial score (nSPS) is 13.1. The van der Waals surface area contributed by atoms with Crippen LogP contribution in [0.4, 0.5) is 14.4 Å². The van der Waals surface area contributed by atoms with E-state index in [1.807, 2.05) is 6.07 Å². The molecule has 1 aromatic rings. The fourth-order valence-corrected chi connectivity index (χ4v) is 3.23. The molecule has 1 aromatic carbocycles. The Labute approximate surface area is 212 Å². The predicted octanol–water partition coefficient (Wildman–Crippen LogP) is 3.01. The van der Waals surface area contributed by atoms with Crippen molar-refractivity contribution in [2.75, 3.05) is 19.6 Å². The number of hydrogen-bond acceptors (Lipinski definition) is 7. The van der Waals surface area contributed by atoms with Crippen molar-refractivity contribution < 1.29 is 33.4 Å². The van der Waals surface area contributed by atoms with Gasteiger partial charge in [0.15, 0.2) is 5.60 Å². The summed E-state index contributed by atoms with van der Waals surface area (Å²) in [6.07, 6.45) is -1.88. The van der Waals surface area contributed by atoms with Gasteiger partial charge in [0.05, 0.1) is 0 Å². The zero-order valence-electron chi connectivity index (χ0n) is 22.1. The Balaban J connectivity index is 2.88. The van der Waals surface area contributed by atoms with Gasteiger partial charge in [-0.1, -0.05) is 30.3 Å². The van der Waals surface area contributed by atoms with Gasteiger partial charge in [0.2, 0.25) is 0 Å². The molecule has 0 heterocycles. The molecular weight excluding hydrogens is 468 g/mol. The second-order valence-corrected chi connectivity index (χ2v) is 10.3. The van der Waals surface area contributed by atoms with Gasteiger partial charge in [0, 0.05) is 26.1 Å². The first-order valence-electron chi connectivity index (χ1n) is 11.9. The summed E-state index contributed by atoms with van der Waals surface area (Å²) in [5.74, 6) is -0.576. The van der Waals surface area contributed by atoms with Gasteiger partial charge in [-0.05, 0) is 59.9 Å². The maximum atomic E-state index is 13.3. The number of alkyl carbamates (subject to hydrolysis) is 2. The largest absolute Gasteiger partial charge is 0.444 e. The van der Waals surface area contributed by atoms with E-state index in [1.54, 1.807) is 65.8 Å². The minimum atomic E-state index is -1.63. The van der Waals surface area contributed by atoms with Gasteiger partial charge in [-0.25, -0.2) is 14.4 Å². The molecule has 202 valence electrons. The predicted molar refractivity (Wildman–Crippen MR) is 134 cm³/mol. The number of benzene rings is 1. The van der Waals surface area contributed by atoms with E-state index in [2.05, 4.69) is 16.0 Å². The second kappa shape index (κ2) is 13.6. The molecule has 4 amide bonds. The highest BCUT2D eigenvalue weighted by Gasteiger charge is 2.42. The summed E-state index contributed by atoms with van der Waals surface area (Å²) < 4.78 is 15.8. The van der Waals surface area contributed by atoms with E-state index >= 15 is 0 Å². The van der Waals surface area contributed by atoms with E-state index in [1.165, 1.54) is 0 Å². The van der Waals surface area contributed by atoms with Crippen LogP contribution in [0.2, 0.25) is 0 Å². The van der Waals surface area contributed by atoms with Crippen LogP contribution in [0.5, 0.6) is 0 Å². The molecule has 11 heteroatoms. The molecule has 0 spiro atoms. The number of carbonyl (C=O) groups excluding carboxylic acids is 4. The summed E-state index contributed by atoms with van der Waals surface area (Å²) in [5.41, 5.74) is 3.16. The van der Waals surface area contributed by atoms with Crippen molar-refractivity contribution in [3.05, 3.63) is 35.9 Å². The van der Waals surface area contributed by atoms with Crippen LogP contribution in [-0.2, 0) is 25.4 Å². The quantitative estimate of drug-likeness (QED) is 0.264. The van der Waals surface area contributed by atoms with Gasteiger partial charge in [-0.15, -0.1) is 0 Å². The maximum Gasteiger partial charge on any atom is 0.407 e. The van der Waals surface area contributed by atoms with Gasteiger partial charge in [-0.2, -0.15) is 0 Å². The smallest absolute Gasteiger partial charge is 0.407 e. The van der Waals surface area contributed by atoms with E-state index < -0.39 is 41.0 Å². The Bertz CT molecular complexity index is 879. The van der Waals surface area contributed by atoms with Crippen LogP contribution >= 0.6 is 0 Å². The molecule has 0 unspecified atom stereocenters. The first-order valence-corrected chi connectivity index (χ1v) is 11.9. The Hall–Kier alpha value is -3.50. The molecule has 1 rings (SSSR count). The molecule has 0 saturated heterocycles. The average Bonchev–Trinajstić information content (AvgIpc) is 2.71. The summed E-state index contributed by atoms with van der Waals surface area (Å²) in [4.78, 5) is 48.9. The molecular formula is C25H40N4O7. The first-order chi connectivity index (χ1) is 16.6. The van der Waals surface area contributed by atoms with Crippen molar-refractivity contribution in [2.24, 2.45) is 5.73 Å². The van der Waals surface area contributed by atoms with Crippen LogP contribution in [0.3, 0.4) is 0 Å². The van der Waals surface area contributed by atoms with Crippen molar-refractivity contribution >= 4 is 24.2 Å². The Kier molecular flexibility index (Phi) is 11.5. The van der Waals surface area contributed by atoms with Crippen LogP contribution in [0.25, 0.3) is 0 Å². The highest BCUT2D eigenvalue weighted by atomic mass is 16.6. The van der Waals surface area contributed by atoms with Crippen molar-refractivity contribution in [2.45, 2.75) is 77.6 Å². The molecule has 11 nitrogen and oxygen atoms in total. The van der Waals surface area contributed by atoms with Crippen LogP contribution in [-0.4, -0.2) is 60.6 Å². The number of primary amides is 1. The number of nitrogens with two attached hydrogens (primary N) is 1. The lowest BCUT2D eigenvalue weighted by molar-refractivity contribution is -0.140. The van der Waals surface area contributed by atoms with Crippen LogP contribution < -0.4 is 21.7 Å². The minimum Gasteiger partial charge on any atom is -0.444 e. The third kappa shape index (κ3) is 12.8. The van der Waals surface area contributed by atoms with Gasteiger partial charge in [0.25, 0.3) is 5.91 Å². The molecule has 1 atom stereocenters. The minimum absolute atomic E-state index is 0.0624. The number of carbonyl (C=O) groups is 4. The topological polar surface area (TPSA) is 158 Å². The van der Waals surface area contributed by atoms with Crippen molar-refractivity contribution in [3.63, 3.8) is 0 Å². The molecule has 36 heavy (non-hydrogen) atoms. The molecule has 5 N–H and O–H groups in total. The average molecular weight is 509 g/mol. The lowest BCUT2D eigenvalue weighted by atomic mass is 9.88. The molecule has 0 aliphatic heterocycles. The molecule has 0 radical (unpaired) electrons. The summed E-state index contributed by atoms with van der Waals surface area (Å²) in [6, 6.07) is 9.03. The number of nitrogens with one attached hydrogen (secondary N) is 3. The monoisotopic (exact) mass is 508 g/mol. The zero-order chi connectivity index (χ0) is 27.4. The summed E-state index contributed by atoms with van der Waals surface area (Å²) in [7, 11) is 0. The molecule has 0 fully saturated rings. The Morgan fingerprint density at radius 2 is 1.25 bits per heavy atom. The van der Waals surface area contributed by atoms with E-state index in [0.29, 0.717) is 6.42 Å². The van der Waals surface area contributed by atoms with Crippen LogP contribution in [0.1, 0.15) is 59.9 Å². The fraction of sp³-hybridized carbons (Fsp3) is 0.600. The molecule has 0 aromatic heterocycles. The number of ether oxygens (including phenoxy) is 3. The molecule has 0 bridgehead atoms. The number of amides is 4.